The van der Waals surface area contributed by atoms with Crippen molar-refractivity contribution in [3.05, 3.63) is 65.5 Å². The van der Waals surface area contributed by atoms with Crippen molar-refractivity contribution in [1.29, 1.82) is 0 Å². The van der Waals surface area contributed by atoms with Crippen LogP contribution < -0.4 is 20.1 Å². The first-order valence-corrected chi connectivity index (χ1v) is 14.5. The summed E-state index contributed by atoms with van der Waals surface area (Å²) in [6.07, 6.45) is 4.12. The van der Waals surface area contributed by atoms with Crippen LogP contribution in [0.4, 0.5) is 29.2 Å². The molecule has 3 heterocycles. The molecule has 0 radical (unpaired) electrons. The Morgan fingerprint density at radius 1 is 1.10 bits per heavy atom. The third-order valence-electron chi connectivity index (χ3n) is 6.74. The lowest BCUT2D eigenvalue weighted by Gasteiger charge is -2.24. The van der Waals surface area contributed by atoms with E-state index in [1.807, 2.05) is 0 Å². The van der Waals surface area contributed by atoms with Crippen LogP contribution in [0.1, 0.15) is 25.3 Å². The van der Waals surface area contributed by atoms with Gasteiger partial charge in [-0.15, -0.1) is 0 Å². The number of ether oxygens (including phenoxy) is 1. The average molecular weight is 591 g/mol. The second-order valence-electron chi connectivity index (χ2n) is 9.47. The van der Waals surface area contributed by atoms with Gasteiger partial charge in [0.05, 0.1) is 28.6 Å². The van der Waals surface area contributed by atoms with E-state index in [1.54, 1.807) is 0 Å². The number of fused-ring (bicyclic) bond motifs is 1. The van der Waals surface area contributed by atoms with Crippen LogP contribution in [0.25, 0.3) is 22.0 Å². The van der Waals surface area contributed by atoms with E-state index >= 15 is 8.78 Å². The van der Waals surface area contributed by atoms with Gasteiger partial charge in [-0.05, 0) is 45.4 Å². The molecule has 41 heavy (non-hydrogen) atoms. The van der Waals surface area contributed by atoms with Crippen LogP contribution in [-0.2, 0) is 10.0 Å². The second kappa shape index (κ2) is 11.4. The van der Waals surface area contributed by atoms with Gasteiger partial charge in [-0.3, -0.25) is 4.72 Å². The molecule has 1 fully saturated rings. The monoisotopic (exact) mass is 590 g/mol. The minimum atomic E-state index is -4.07. The summed E-state index contributed by atoms with van der Waals surface area (Å²) in [5, 5.41) is 5.43. The Balaban J connectivity index is 1.66. The minimum absolute atomic E-state index is 0.000616. The van der Waals surface area contributed by atoms with E-state index in [9.17, 15) is 17.2 Å². The molecule has 3 N–H and O–H groups in total. The first-order chi connectivity index (χ1) is 19.6. The van der Waals surface area contributed by atoms with Gasteiger partial charge in [0, 0.05) is 29.7 Å². The maximum absolute atomic E-state index is 15.5. The molecule has 0 bridgehead atoms. The van der Waals surface area contributed by atoms with Gasteiger partial charge in [0.1, 0.15) is 17.3 Å². The van der Waals surface area contributed by atoms with Gasteiger partial charge >= 0.3 is 0 Å². The maximum atomic E-state index is 15.5. The predicted octanol–water partition coefficient (Wildman–Crippen LogP) is 5.27. The number of hydrogen-bond donors (Lipinski definition) is 3. The summed E-state index contributed by atoms with van der Waals surface area (Å²) in [5.74, 6) is -6.56. The molecule has 0 unspecified atom stereocenters. The standard InChI is InChI=1S/C27H26F4N6O3S/c1-3-41(38,39)37-24-16-7-4-8-17(28)21(16)22(30)23(31)25(24)40-26-20(14(2)18(29)13-34-26)19-9-11-33-27(36-19)35-15-6-5-10-32-12-15/h4,7-9,11,13,15,32,37H,3,5-6,10,12H2,1-2H3,(H,33,35,36)/t15-/m0/s1. The first-order valence-electron chi connectivity index (χ1n) is 12.8. The topological polar surface area (TPSA) is 118 Å². The van der Waals surface area contributed by atoms with E-state index in [0.29, 0.717) is 6.54 Å². The van der Waals surface area contributed by atoms with Crippen molar-refractivity contribution in [2.75, 3.05) is 28.9 Å². The van der Waals surface area contributed by atoms with E-state index < -0.39 is 55.9 Å². The molecule has 1 atom stereocenters. The Bertz CT molecular complexity index is 1730. The third kappa shape index (κ3) is 5.75. The normalized spacial score (nSPS) is 15.6. The van der Waals surface area contributed by atoms with E-state index in [-0.39, 0.29) is 40.1 Å². The highest BCUT2D eigenvalue weighted by molar-refractivity contribution is 7.92. The van der Waals surface area contributed by atoms with Gasteiger partial charge in [-0.25, -0.2) is 36.5 Å². The molecule has 9 nitrogen and oxygen atoms in total. The number of sulfonamides is 1. The highest BCUT2D eigenvalue weighted by Crippen LogP contribution is 2.44. The molecule has 0 aliphatic carbocycles. The number of anilines is 2. The van der Waals surface area contributed by atoms with Crippen LogP contribution in [0.15, 0.2) is 36.7 Å². The molecule has 0 amide bonds. The Kier molecular flexibility index (Phi) is 7.95. The van der Waals surface area contributed by atoms with Crippen molar-refractivity contribution in [3.8, 4) is 22.9 Å². The van der Waals surface area contributed by atoms with Crippen LogP contribution in [0.3, 0.4) is 0 Å². The largest absolute Gasteiger partial charge is 0.433 e. The highest BCUT2D eigenvalue weighted by atomic mass is 32.2. The van der Waals surface area contributed by atoms with Gasteiger partial charge in [0.25, 0.3) is 0 Å². The molecule has 4 aromatic rings. The number of rotatable bonds is 8. The van der Waals surface area contributed by atoms with E-state index in [4.69, 9.17) is 4.74 Å². The number of aromatic nitrogens is 3. The average Bonchev–Trinajstić information content (AvgIpc) is 2.96. The van der Waals surface area contributed by atoms with Gasteiger partial charge in [-0.2, -0.15) is 4.39 Å². The Morgan fingerprint density at radius 2 is 1.90 bits per heavy atom. The molecule has 216 valence electrons. The Morgan fingerprint density at radius 3 is 2.63 bits per heavy atom. The minimum Gasteiger partial charge on any atom is -0.433 e. The predicted molar refractivity (Wildman–Crippen MR) is 146 cm³/mol. The zero-order chi connectivity index (χ0) is 29.3. The van der Waals surface area contributed by atoms with Crippen molar-refractivity contribution in [2.45, 2.75) is 32.7 Å². The van der Waals surface area contributed by atoms with Crippen molar-refractivity contribution in [2.24, 2.45) is 0 Å². The number of benzene rings is 2. The molecule has 14 heteroatoms. The van der Waals surface area contributed by atoms with Crippen LogP contribution in [0, 0.1) is 30.2 Å². The number of piperidine rings is 1. The quantitative estimate of drug-likeness (QED) is 0.238. The molecule has 0 saturated carbocycles. The number of nitrogens with zero attached hydrogens (tertiary/aromatic N) is 3. The fourth-order valence-electron chi connectivity index (χ4n) is 4.58. The fourth-order valence-corrected chi connectivity index (χ4v) is 5.24. The van der Waals surface area contributed by atoms with E-state index in [0.717, 1.165) is 31.6 Å². The number of nitrogens with one attached hydrogen (secondary N) is 3. The SMILES string of the molecule is CCS(=O)(=O)Nc1c(Oc2ncc(F)c(C)c2-c2ccnc(N[C@H]3CCCNC3)n2)c(F)c(F)c2c(F)cccc12. The number of halogens is 4. The van der Waals surface area contributed by atoms with Crippen molar-refractivity contribution in [3.63, 3.8) is 0 Å². The molecule has 5 rings (SSSR count). The Labute approximate surface area is 233 Å². The number of hydrogen-bond acceptors (Lipinski definition) is 8. The van der Waals surface area contributed by atoms with Gasteiger partial charge in [-0.1, -0.05) is 12.1 Å². The summed E-state index contributed by atoms with van der Waals surface area (Å²) in [6.45, 7) is 4.36. The van der Waals surface area contributed by atoms with Crippen LogP contribution >= 0.6 is 0 Å². The summed E-state index contributed by atoms with van der Waals surface area (Å²) in [6, 6.07) is 4.87. The lowest BCUT2D eigenvalue weighted by atomic mass is 10.1. The van der Waals surface area contributed by atoms with Gasteiger partial charge in [0.15, 0.2) is 11.6 Å². The summed E-state index contributed by atoms with van der Waals surface area (Å²) in [4.78, 5) is 12.7. The van der Waals surface area contributed by atoms with Crippen molar-refractivity contribution < 1.29 is 30.7 Å². The van der Waals surface area contributed by atoms with Crippen LogP contribution in [0.5, 0.6) is 11.6 Å². The molecule has 1 aliphatic heterocycles. The summed E-state index contributed by atoms with van der Waals surface area (Å²) in [5.41, 5.74) is -0.345. The Hall–Kier alpha value is -4.04. The smallest absolute Gasteiger partial charge is 0.232 e. The van der Waals surface area contributed by atoms with Crippen molar-refractivity contribution >= 4 is 32.4 Å². The zero-order valence-electron chi connectivity index (χ0n) is 22.1. The molecule has 2 aromatic carbocycles. The van der Waals surface area contributed by atoms with Crippen LogP contribution in [0.2, 0.25) is 0 Å². The van der Waals surface area contributed by atoms with Gasteiger partial charge < -0.3 is 15.4 Å². The van der Waals surface area contributed by atoms with E-state index in [1.165, 1.54) is 38.2 Å². The molecular weight excluding hydrogens is 564 g/mol. The lowest BCUT2D eigenvalue weighted by Crippen LogP contribution is -2.38. The third-order valence-corrected chi connectivity index (χ3v) is 8.02. The molecule has 2 aromatic heterocycles. The summed E-state index contributed by atoms with van der Waals surface area (Å²) < 4.78 is 93.0. The maximum Gasteiger partial charge on any atom is 0.232 e. The van der Waals surface area contributed by atoms with E-state index in [2.05, 4.69) is 30.3 Å². The summed E-state index contributed by atoms with van der Waals surface area (Å²) in [7, 11) is -4.07. The zero-order valence-corrected chi connectivity index (χ0v) is 22.9. The van der Waals surface area contributed by atoms with Gasteiger partial charge in [0.2, 0.25) is 27.7 Å². The first kappa shape index (κ1) is 28.5. The van der Waals surface area contributed by atoms with Crippen LogP contribution in [-0.4, -0.2) is 48.3 Å². The second-order valence-corrected chi connectivity index (χ2v) is 11.5. The highest BCUT2D eigenvalue weighted by Gasteiger charge is 2.28. The number of pyridine rings is 1. The fraction of sp³-hybridized carbons (Fsp3) is 0.296. The molecular formula is C27H26F4N6O3S. The lowest BCUT2D eigenvalue weighted by molar-refractivity contribution is 0.409. The molecule has 0 spiro atoms. The molecule has 1 aliphatic rings. The summed E-state index contributed by atoms with van der Waals surface area (Å²) >= 11 is 0. The van der Waals surface area contributed by atoms with Crippen molar-refractivity contribution in [1.82, 2.24) is 20.3 Å². The molecule has 1 saturated heterocycles.